The predicted octanol–water partition coefficient (Wildman–Crippen LogP) is 2.37. The second-order valence-corrected chi connectivity index (χ2v) is 6.76. The van der Waals surface area contributed by atoms with Crippen molar-refractivity contribution < 1.29 is 26.8 Å². The van der Waals surface area contributed by atoms with E-state index < -0.39 is 15.9 Å². The zero-order valence-corrected chi connectivity index (χ0v) is 14.2. The van der Waals surface area contributed by atoms with Crippen LogP contribution in [0.1, 0.15) is 16.1 Å². The molecule has 1 amide bonds. The summed E-state index contributed by atoms with van der Waals surface area (Å²) in [6.07, 6.45) is 2.44. The van der Waals surface area contributed by atoms with Crippen molar-refractivity contribution in [1.82, 2.24) is 9.71 Å². The fourth-order valence-electron chi connectivity index (χ4n) is 2.24. The van der Waals surface area contributed by atoms with Gasteiger partial charge in [0.1, 0.15) is 5.75 Å². The number of carbonyl (C=O) groups is 1. The number of aromatic nitrogens is 1. The Hall–Kier alpha value is -3.07. The maximum atomic E-state index is 12.4. The maximum Gasteiger partial charge on any atom is 0.287 e. The smallest absolute Gasteiger partial charge is 0.287 e. The molecule has 0 radical (unpaired) electrons. The molecule has 3 aromatic rings. The van der Waals surface area contributed by atoms with Crippen LogP contribution in [0.15, 0.2) is 56.7 Å². The van der Waals surface area contributed by atoms with Crippen molar-refractivity contribution in [3.05, 3.63) is 54.2 Å². The number of benzene rings is 1. The van der Waals surface area contributed by atoms with E-state index in [0.717, 1.165) is 6.39 Å². The van der Waals surface area contributed by atoms with Gasteiger partial charge in [-0.05, 0) is 42.8 Å². The van der Waals surface area contributed by atoms with Gasteiger partial charge in [-0.3, -0.25) is 4.79 Å². The number of nitrogens with zero attached hydrogens (tertiary/aromatic N) is 1. The summed E-state index contributed by atoms with van der Waals surface area (Å²) in [5.74, 6) is -0.0699. The van der Waals surface area contributed by atoms with Crippen LogP contribution < -0.4 is 9.46 Å². The van der Waals surface area contributed by atoms with Gasteiger partial charge in [-0.1, -0.05) is 0 Å². The number of rotatable bonds is 5. The third-order valence-electron chi connectivity index (χ3n) is 3.43. The lowest BCUT2D eigenvalue weighted by Crippen LogP contribution is -2.31. The van der Waals surface area contributed by atoms with Crippen LogP contribution in [0.25, 0.3) is 11.5 Å². The number of hydrogen-bond acceptors (Lipinski definition) is 7. The number of furan rings is 1. The molecule has 0 fully saturated rings. The quantitative estimate of drug-likeness (QED) is 0.741. The molecule has 0 spiro atoms. The first-order valence-corrected chi connectivity index (χ1v) is 8.60. The Balaban J connectivity index is 1.88. The highest BCUT2D eigenvalue weighted by Gasteiger charge is 2.25. The molecule has 3 rings (SSSR count). The van der Waals surface area contributed by atoms with Crippen molar-refractivity contribution in [2.45, 2.75) is 11.8 Å². The summed E-state index contributed by atoms with van der Waals surface area (Å²) in [5.41, 5.74) is 0.430. The van der Waals surface area contributed by atoms with Crippen molar-refractivity contribution in [3.63, 3.8) is 0 Å². The number of ether oxygens (including phenoxy) is 1. The number of aryl methyl sites for hydroxylation is 1. The summed E-state index contributed by atoms with van der Waals surface area (Å²) in [6.45, 7) is 1.70. The monoisotopic (exact) mass is 362 g/mol. The molecule has 0 saturated heterocycles. The Kier molecular flexibility index (Phi) is 4.32. The molecule has 0 saturated carbocycles. The number of methoxy groups -OCH3 is 1. The molecule has 2 aromatic heterocycles. The lowest BCUT2D eigenvalue weighted by molar-refractivity contribution is 0.0977. The highest BCUT2D eigenvalue weighted by molar-refractivity contribution is 7.90. The van der Waals surface area contributed by atoms with Gasteiger partial charge >= 0.3 is 0 Å². The van der Waals surface area contributed by atoms with Crippen molar-refractivity contribution in [2.75, 3.05) is 7.11 Å². The topological polar surface area (TPSA) is 112 Å². The van der Waals surface area contributed by atoms with Gasteiger partial charge < -0.3 is 13.6 Å². The molecular weight excluding hydrogens is 348 g/mol. The normalized spacial score (nSPS) is 11.3. The summed E-state index contributed by atoms with van der Waals surface area (Å²) in [7, 11) is -2.60. The molecule has 0 unspecified atom stereocenters. The van der Waals surface area contributed by atoms with Crippen LogP contribution in [0.4, 0.5) is 0 Å². The van der Waals surface area contributed by atoms with Crippen LogP contribution in [0.5, 0.6) is 5.75 Å². The lowest BCUT2D eigenvalue weighted by Gasteiger charge is -2.09. The van der Waals surface area contributed by atoms with Gasteiger partial charge in [0.2, 0.25) is 5.76 Å². The average molecular weight is 362 g/mol. The minimum Gasteiger partial charge on any atom is -0.496 e. The van der Waals surface area contributed by atoms with Crippen LogP contribution in [0, 0.1) is 6.92 Å². The molecule has 0 bridgehead atoms. The number of amides is 1. The Bertz CT molecular complexity index is 1010. The molecule has 130 valence electrons. The number of nitrogens with one attached hydrogen (secondary N) is 1. The van der Waals surface area contributed by atoms with E-state index in [1.807, 2.05) is 4.72 Å². The second-order valence-electron chi connectivity index (χ2n) is 5.07. The molecule has 2 heterocycles. The Labute approximate surface area is 143 Å². The van der Waals surface area contributed by atoms with E-state index in [1.54, 1.807) is 19.1 Å². The fourth-order valence-corrected chi connectivity index (χ4v) is 3.28. The lowest BCUT2D eigenvalue weighted by atomic mass is 10.2. The summed E-state index contributed by atoms with van der Waals surface area (Å²) < 4.78 is 42.2. The average Bonchev–Trinajstić information content (AvgIpc) is 3.25. The standard InChI is InChI=1S/C16H14N2O6S/c1-10-8-11(5-6-12(10)22-2)25(20,21)18-16(19)14-15(24-9-17-14)13-4-3-7-23-13/h3-9H,1-2H3,(H,18,19). The molecule has 0 aliphatic heterocycles. The van der Waals surface area contributed by atoms with Crippen LogP contribution in [-0.4, -0.2) is 26.4 Å². The second kappa shape index (κ2) is 6.44. The summed E-state index contributed by atoms with van der Waals surface area (Å²) in [5, 5.41) is 0. The Morgan fingerprint density at radius 1 is 1.24 bits per heavy atom. The highest BCUT2D eigenvalue weighted by Crippen LogP contribution is 2.24. The van der Waals surface area contributed by atoms with Crippen molar-refractivity contribution in [2.24, 2.45) is 0 Å². The van der Waals surface area contributed by atoms with Crippen molar-refractivity contribution in [3.8, 4) is 17.3 Å². The third kappa shape index (κ3) is 3.26. The minimum absolute atomic E-state index is 0.0450. The van der Waals surface area contributed by atoms with E-state index in [9.17, 15) is 13.2 Å². The van der Waals surface area contributed by atoms with Gasteiger partial charge in [0.25, 0.3) is 15.9 Å². The Morgan fingerprint density at radius 2 is 2.04 bits per heavy atom. The minimum atomic E-state index is -4.09. The molecule has 0 aliphatic carbocycles. The van der Waals surface area contributed by atoms with Gasteiger partial charge in [-0.15, -0.1) is 0 Å². The predicted molar refractivity (Wildman–Crippen MR) is 86.6 cm³/mol. The first kappa shape index (κ1) is 16.8. The summed E-state index contributed by atoms with van der Waals surface area (Å²) >= 11 is 0. The van der Waals surface area contributed by atoms with Gasteiger partial charge in [0.15, 0.2) is 17.8 Å². The number of oxazole rings is 1. The van der Waals surface area contributed by atoms with E-state index in [1.165, 1.54) is 31.6 Å². The molecule has 0 atom stereocenters. The van der Waals surface area contributed by atoms with E-state index >= 15 is 0 Å². The van der Waals surface area contributed by atoms with E-state index in [0.29, 0.717) is 11.3 Å². The molecule has 0 aliphatic rings. The van der Waals surface area contributed by atoms with Crippen molar-refractivity contribution in [1.29, 1.82) is 0 Å². The zero-order chi connectivity index (χ0) is 18.0. The number of carbonyl (C=O) groups excluding carboxylic acids is 1. The van der Waals surface area contributed by atoms with E-state index in [-0.39, 0.29) is 22.1 Å². The SMILES string of the molecule is COc1ccc(S(=O)(=O)NC(=O)c2ncoc2-c2ccco2)cc1C. The van der Waals surface area contributed by atoms with Crippen LogP contribution >= 0.6 is 0 Å². The van der Waals surface area contributed by atoms with Gasteiger partial charge in [0, 0.05) is 0 Å². The molecule has 8 nitrogen and oxygen atoms in total. The van der Waals surface area contributed by atoms with E-state index in [2.05, 4.69) is 4.98 Å². The van der Waals surface area contributed by atoms with Gasteiger partial charge in [-0.2, -0.15) is 0 Å². The molecule has 25 heavy (non-hydrogen) atoms. The van der Waals surface area contributed by atoms with Crippen LogP contribution in [0.3, 0.4) is 0 Å². The number of hydrogen-bond donors (Lipinski definition) is 1. The first-order chi connectivity index (χ1) is 11.9. The van der Waals surface area contributed by atoms with Crippen LogP contribution in [-0.2, 0) is 10.0 Å². The van der Waals surface area contributed by atoms with Crippen molar-refractivity contribution >= 4 is 15.9 Å². The highest BCUT2D eigenvalue weighted by atomic mass is 32.2. The first-order valence-electron chi connectivity index (χ1n) is 7.11. The molecule has 1 N–H and O–H groups in total. The van der Waals surface area contributed by atoms with Gasteiger partial charge in [-0.25, -0.2) is 18.1 Å². The summed E-state index contributed by atoms with van der Waals surface area (Å²) in [6, 6.07) is 7.44. The Morgan fingerprint density at radius 3 is 2.68 bits per heavy atom. The number of sulfonamides is 1. The zero-order valence-electron chi connectivity index (χ0n) is 13.3. The molecule has 1 aromatic carbocycles. The summed E-state index contributed by atoms with van der Waals surface area (Å²) in [4.78, 5) is 16.0. The largest absolute Gasteiger partial charge is 0.496 e. The van der Waals surface area contributed by atoms with Crippen LogP contribution in [0.2, 0.25) is 0 Å². The third-order valence-corrected chi connectivity index (χ3v) is 4.76. The molecule has 9 heteroatoms. The van der Waals surface area contributed by atoms with Gasteiger partial charge in [0.05, 0.1) is 18.3 Å². The fraction of sp³-hybridized carbons (Fsp3) is 0.125. The maximum absolute atomic E-state index is 12.4. The van der Waals surface area contributed by atoms with E-state index in [4.69, 9.17) is 13.6 Å². The molecular formula is C16H14N2O6S.